The van der Waals surface area contributed by atoms with Crippen LogP contribution in [-0.4, -0.2) is 45.5 Å². The van der Waals surface area contributed by atoms with Gasteiger partial charge in [0, 0.05) is 11.4 Å². The van der Waals surface area contributed by atoms with Crippen LogP contribution >= 0.6 is 11.6 Å². The van der Waals surface area contributed by atoms with Gasteiger partial charge >= 0.3 is 6.03 Å². The monoisotopic (exact) mass is 454 g/mol. The maximum Gasteiger partial charge on any atom is 0.325 e. The highest BCUT2D eigenvalue weighted by atomic mass is 35.5. The summed E-state index contributed by atoms with van der Waals surface area (Å²) < 4.78 is 5.56. The summed E-state index contributed by atoms with van der Waals surface area (Å²) >= 11 is 6.00. The zero-order valence-electron chi connectivity index (χ0n) is 17.4. The second kappa shape index (κ2) is 8.09. The van der Waals surface area contributed by atoms with Crippen molar-refractivity contribution in [2.24, 2.45) is 5.10 Å². The summed E-state index contributed by atoms with van der Waals surface area (Å²) in [4.78, 5) is 40.0. The maximum atomic E-state index is 13.3. The van der Waals surface area contributed by atoms with E-state index >= 15 is 0 Å². The molecule has 1 saturated heterocycles. The lowest BCUT2D eigenvalue weighted by Gasteiger charge is -2.30. The van der Waals surface area contributed by atoms with Crippen LogP contribution in [0.2, 0.25) is 5.02 Å². The number of halogens is 1. The first kappa shape index (κ1) is 20.8. The lowest BCUT2D eigenvalue weighted by atomic mass is 9.82. The molecule has 1 aromatic carbocycles. The van der Waals surface area contributed by atoms with Crippen molar-refractivity contribution in [1.29, 1.82) is 0 Å². The van der Waals surface area contributed by atoms with Gasteiger partial charge in [-0.1, -0.05) is 43.0 Å². The Bertz CT molecular complexity index is 1070. The summed E-state index contributed by atoms with van der Waals surface area (Å²) in [7, 11) is 0. The zero-order chi connectivity index (χ0) is 22.3. The molecule has 1 spiro atoms. The molecule has 0 bridgehead atoms. The Morgan fingerprint density at radius 2 is 1.91 bits per heavy atom. The van der Waals surface area contributed by atoms with Gasteiger partial charge in [-0.2, -0.15) is 5.10 Å². The summed E-state index contributed by atoms with van der Waals surface area (Å²) in [6.45, 7) is -0.360. The quantitative estimate of drug-likeness (QED) is 0.709. The van der Waals surface area contributed by atoms with Gasteiger partial charge < -0.3 is 9.73 Å². The third-order valence-electron chi connectivity index (χ3n) is 6.46. The molecule has 2 fully saturated rings. The summed E-state index contributed by atoms with van der Waals surface area (Å²) in [5.74, 6) is -0.162. The molecule has 3 heterocycles. The van der Waals surface area contributed by atoms with Crippen molar-refractivity contribution in [1.82, 2.24) is 15.2 Å². The zero-order valence-corrected chi connectivity index (χ0v) is 18.2. The molecule has 1 saturated carbocycles. The van der Waals surface area contributed by atoms with Crippen LogP contribution in [0.15, 0.2) is 52.2 Å². The second-order valence-corrected chi connectivity index (χ2v) is 8.93. The number of rotatable bonds is 4. The first-order valence-corrected chi connectivity index (χ1v) is 11.2. The molecule has 1 atom stereocenters. The van der Waals surface area contributed by atoms with Crippen molar-refractivity contribution in [3.63, 3.8) is 0 Å². The third-order valence-corrected chi connectivity index (χ3v) is 6.71. The van der Waals surface area contributed by atoms with Crippen LogP contribution < -0.4 is 5.32 Å². The molecule has 2 aromatic rings. The van der Waals surface area contributed by atoms with Crippen LogP contribution in [0.25, 0.3) is 0 Å². The van der Waals surface area contributed by atoms with E-state index in [2.05, 4.69) is 10.4 Å². The predicted molar refractivity (Wildman–Crippen MR) is 117 cm³/mol. The number of hydrogen-bond donors (Lipinski definition) is 1. The number of imide groups is 1. The van der Waals surface area contributed by atoms with Crippen molar-refractivity contribution in [2.75, 3.05) is 6.54 Å². The molecular formula is C23H23ClN4O4. The predicted octanol–water partition coefficient (Wildman–Crippen LogP) is 3.87. The van der Waals surface area contributed by atoms with E-state index in [0.29, 0.717) is 35.8 Å². The number of hydrogen-bond acceptors (Lipinski definition) is 5. The number of benzene rings is 1. The Labute approximate surface area is 190 Å². The highest BCUT2D eigenvalue weighted by molar-refractivity contribution is 6.30. The Morgan fingerprint density at radius 1 is 1.16 bits per heavy atom. The van der Waals surface area contributed by atoms with Crippen molar-refractivity contribution in [3.05, 3.63) is 59.0 Å². The molecule has 0 unspecified atom stereocenters. The molecule has 0 radical (unpaired) electrons. The van der Waals surface area contributed by atoms with E-state index in [4.69, 9.17) is 16.0 Å². The van der Waals surface area contributed by atoms with Crippen molar-refractivity contribution < 1.29 is 18.8 Å². The van der Waals surface area contributed by atoms with Crippen LogP contribution in [0.1, 0.15) is 55.9 Å². The summed E-state index contributed by atoms with van der Waals surface area (Å²) in [5.41, 5.74) is 0.688. The number of carbonyl (C=O) groups excluding carboxylic acids is 3. The van der Waals surface area contributed by atoms with E-state index in [1.54, 1.807) is 30.5 Å². The number of urea groups is 1. The maximum absolute atomic E-state index is 13.3. The van der Waals surface area contributed by atoms with E-state index in [-0.39, 0.29) is 12.5 Å². The molecule has 9 heteroatoms. The average molecular weight is 455 g/mol. The topological polar surface area (TPSA) is 95.2 Å². The lowest BCUT2D eigenvalue weighted by molar-refractivity contribution is -0.140. The molecular weight excluding hydrogens is 432 g/mol. The van der Waals surface area contributed by atoms with Gasteiger partial charge in [0.05, 0.1) is 12.0 Å². The van der Waals surface area contributed by atoms with Crippen LogP contribution in [0, 0.1) is 0 Å². The number of carbonyl (C=O) groups is 3. The van der Waals surface area contributed by atoms with Gasteiger partial charge in [-0.3, -0.25) is 14.5 Å². The highest BCUT2D eigenvalue weighted by Crippen LogP contribution is 2.36. The van der Waals surface area contributed by atoms with Crippen LogP contribution in [-0.2, 0) is 9.59 Å². The minimum atomic E-state index is -0.862. The van der Waals surface area contributed by atoms with Gasteiger partial charge in [-0.25, -0.2) is 9.80 Å². The molecule has 1 N–H and O–H groups in total. The Balaban J connectivity index is 1.39. The Kier molecular flexibility index (Phi) is 5.25. The number of nitrogens with one attached hydrogen (secondary N) is 1. The van der Waals surface area contributed by atoms with Gasteiger partial charge in [0.2, 0.25) is 0 Å². The fourth-order valence-electron chi connectivity index (χ4n) is 4.78. The van der Waals surface area contributed by atoms with E-state index in [0.717, 1.165) is 29.7 Å². The van der Waals surface area contributed by atoms with E-state index < -0.39 is 23.5 Å². The molecule has 2 aliphatic heterocycles. The minimum absolute atomic E-state index is 0.314. The third kappa shape index (κ3) is 3.58. The fraction of sp³-hybridized carbons (Fsp3) is 0.391. The van der Waals surface area contributed by atoms with E-state index in [1.807, 2.05) is 12.1 Å². The molecule has 4 amide bonds. The second-order valence-electron chi connectivity index (χ2n) is 8.49. The number of nitrogens with zero attached hydrogens (tertiary/aromatic N) is 3. The number of furan rings is 1. The summed E-state index contributed by atoms with van der Waals surface area (Å²) in [6, 6.07) is 9.80. The summed E-state index contributed by atoms with van der Waals surface area (Å²) in [5, 5.41) is 9.33. The first-order valence-electron chi connectivity index (χ1n) is 10.8. The van der Waals surface area contributed by atoms with Crippen molar-refractivity contribution in [2.45, 2.75) is 50.1 Å². The minimum Gasteiger partial charge on any atom is -0.467 e. The van der Waals surface area contributed by atoms with Gasteiger partial charge in [-0.05, 0) is 42.7 Å². The normalized spacial score (nSPS) is 22.4. The molecule has 3 aliphatic rings. The van der Waals surface area contributed by atoms with Crippen molar-refractivity contribution in [3.8, 4) is 0 Å². The van der Waals surface area contributed by atoms with E-state index in [1.165, 1.54) is 5.01 Å². The van der Waals surface area contributed by atoms with Gasteiger partial charge in [0.1, 0.15) is 23.9 Å². The molecule has 1 aliphatic carbocycles. The van der Waals surface area contributed by atoms with Crippen molar-refractivity contribution >= 4 is 35.2 Å². The van der Waals surface area contributed by atoms with Crippen LogP contribution in [0.4, 0.5) is 4.79 Å². The highest BCUT2D eigenvalue weighted by Gasteiger charge is 2.52. The van der Waals surface area contributed by atoms with E-state index in [9.17, 15) is 14.4 Å². The lowest BCUT2D eigenvalue weighted by Crippen LogP contribution is -2.49. The molecule has 166 valence electrons. The fourth-order valence-corrected chi connectivity index (χ4v) is 4.91. The standard InChI is InChI=1S/C23H23ClN4O4/c24-16-8-6-15(7-9-16)17-13-18(19-5-4-12-32-19)28(26-17)20(29)14-27-21(30)23(25-22(27)31)10-2-1-3-11-23/h4-9,12,18H,1-3,10-11,13-14H2,(H,25,31)/t18-/m0/s1. The molecule has 5 rings (SSSR count). The van der Waals surface area contributed by atoms with Gasteiger partial charge in [0.15, 0.2) is 0 Å². The smallest absolute Gasteiger partial charge is 0.325 e. The van der Waals surface area contributed by atoms with Crippen LogP contribution in [0.5, 0.6) is 0 Å². The van der Waals surface area contributed by atoms with Crippen LogP contribution in [0.3, 0.4) is 0 Å². The number of amides is 4. The van der Waals surface area contributed by atoms with Gasteiger partial charge in [-0.15, -0.1) is 0 Å². The summed E-state index contributed by atoms with van der Waals surface area (Å²) in [6.07, 6.45) is 6.03. The SMILES string of the molecule is O=C1NC2(CCCCC2)C(=O)N1CC(=O)N1N=C(c2ccc(Cl)cc2)C[C@H]1c1ccco1. The Hall–Kier alpha value is -3.13. The molecule has 32 heavy (non-hydrogen) atoms. The first-order chi connectivity index (χ1) is 15.5. The number of hydrazone groups is 1. The molecule has 1 aromatic heterocycles. The average Bonchev–Trinajstić information content (AvgIpc) is 3.51. The molecule has 8 nitrogen and oxygen atoms in total. The Morgan fingerprint density at radius 3 is 2.59 bits per heavy atom. The van der Waals surface area contributed by atoms with Gasteiger partial charge in [0.25, 0.3) is 11.8 Å². The largest absolute Gasteiger partial charge is 0.467 e.